The molecule has 2 atom stereocenters. The van der Waals surface area contributed by atoms with Gasteiger partial charge in [0.05, 0.1) is 11.8 Å². The first-order chi connectivity index (χ1) is 20.6. The van der Waals surface area contributed by atoms with Crippen LogP contribution in [0.1, 0.15) is 42.5 Å². The number of carbonyl (C=O) groups is 1. The van der Waals surface area contributed by atoms with Gasteiger partial charge in [0.15, 0.2) is 0 Å². The average molecular weight is 609 g/mol. The molecular formula is C32H35F3N6OS. The standard InChI is InChI=1S/C32H35F3N6OS/c1-4-28-39-30(27-17-26(18-32(33,34)35)43-31(27)40-28)41(3)25-14-13-22(16-25)36-19-20-9-11-21(12-10-20)37-23-7-6-8-24(15-23)38-29(42)5-2/h5-12,15,17,22,25,36-37H,2,4,13-14,16,18-19H2,1,3H3,(H,38,42)/t22-,25+/m0/s1. The van der Waals surface area contributed by atoms with Gasteiger partial charge < -0.3 is 20.9 Å². The molecule has 4 aromatic rings. The maximum Gasteiger partial charge on any atom is 0.393 e. The highest BCUT2D eigenvalue weighted by Crippen LogP contribution is 2.36. The van der Waals surface area contributed by atoms with Crippen LogP contribution in [0.3, 0.4) is 0 Å². The lowest BCUT2D eigenvalue weighted by Crippen LogP contribution is -2.33. The third-order valence-electron chi connectivity index (χ3n) is 7.60. The number of hydrogen-bond donors (Lipinski definition) is 3. The molecular weight excluding hydrogens is 573 g/mol. The first kappa shape index (κ1) is 30.5. The summed E-state index contributed by atoms with van der Waals surface area (Å²) in [5.41, 5.74) is 3.65. The Morgan fingerprint density at radius 1 is 1.09 bits per heavy atom. The van der Waals surface area contributed by atoms with Gasteiger partial charge in [-0.15, -0.1) is 11.3 Å². The third kappa shape index (κ3) is 7.91. The van der Waals surface area contributed by atoms with Crippen molar-refractivity contribution in [3.8, 4) is 0 Å². The zero-order valence-corrected chi connectivity index (χ0v) is 25.0. The van der Waals surface area contributed by atoms with Crippen LogP contribution in [0.25, 0.3) is 10.2 Å². The maximum absolute atomic E-state index is 13.1. The van der Waals surface area contributed by atoms with E-state index in [1.807, 2.05) is 50.4 Å². The lowest BCUT2D eigenvalue weighted by Gasteiger charge is -2.27. The van der Waals surface area contributed by atoms with Crippen molar-refractivity contribution in [3.05, 3.63) is 83.5 Å². The van der Waals surface area contributed by atoms with Crippen molar-refractivity contribution in [1.29, 1.82) is 0 Å². The van der Waals surface area contributed by atoms with Gasteiger partial charge in [-0.25, -0.2) is 9.97 Å². The number of nitrogens with one attached hydrogen (secondary N) is 3. The van der Waals surface area contributed by atoms with Crippen LogP contribution >= 0.6 is 11.3 Å². The minimum atomic E-state index is -4.26. The fourth-order valence-corrected chi connectivity index (χ4v) is 6.45. The maximum atomic E-state index is 13.1. The number of halogens is 3. The Hall–Kier alpha value is -3.96. The number of fused-ring (bicyclic) bond motifs is 1. The smallest absolute Gasteiger partial charge is 0.356 e. The number of thiophene rings is 1. The van der Waals surface area contributed by atoms with Crippen LogP contribution in [0.2, 0.25) is 0 Å². The molecule has 0 bridgehead atoms. The zero-order chi connectivity index (χ0) is 30.6. The highest BCUT2D eigenvalue weighted by Gasteiger charge is 2.31. The number of benzene rings is 2. The molecule has 1 aliphatic rings. The monoisotopic (exact) mass is 608 g/mol. The van der Waals surface area contributed by atoms with Crippen LogP contribution in [-0.2, 0) is 24.2 Å². The van der Waals surface area contributed by atoms with Crippen molar-refractivity contribution in [3.63, 3.8) is 0 Å². The van der Waals surface area contributed by atoms with E-state index in [9.17, 15) is 18.0 Å². The van der Waals surface area contributed by atoms with Crippen LogP contribution in [0.5, 0.6) is 0 Å². The summed E-state index contributed by atoms with van der Waals surface area (Å²) >= 11 is 1.11. The van der Waals surface area contributed by atoms with Crippen molar-refractivity contribution in [2.24, 2.45) is 0 Å². The van der Waals surface area contributed by atoms with E-state index in [-0.39, 0.29) is 16.8 Å². The first-order valence-corrected chi connectivity index (χ1v) is 15.1. The number of aryl methyl sites for hydroxylation is 1. The van der Waals surface area contributed by atoms with Crippen LogP contribution < -0.4 is 20.9 Å². The molecule has 0 saturated heterocycles. The van der Waals surface area contributed by atoms with Crippen molar-refractivity contribution in [2.45, 2.75) is 63.8 Å². The third-order valence-corrected chi connectivity index (χ3v) is 8.63. The largest absolute Gasteiger partial charge is 0.393 e. The molecule has 1 fully saturated rings. The van der Waals surface area contributed by atoms with Gasteiger partial charge in [0.1, 0.15) is 16.5 Å². The van der Waals surface area contributed by atoms with Gasteiger partial charge >= 0.3 is 6.18 Å². The molecule has 2 aromatic heterocycles. The molecule has 1 saturated carbocycles. The van der Waals surface area contributed by atoms with E-state index < -0.39 is 12.6 Å². The van der Waals surface area contributed by atoms with E-state index in [0.29, 0.717) is 40.0 Å². The zero-order valence-electron chi connectivity index (χ0n) is 24.2. The van der Waals surface area contributed by atoms with E-state index in [1.54, 1.807) is 6.07 Å². The second-order valence-electron chi connectivity index (χ2n) is 10.8. The lowest BCUT2D eigenvalue weighted by atomic mass is 10.1. The Morgan fingerprint density at radius 3 is 2.58 bits per heavy atom. The van der Waals surface area contributed by atoms with E-state index >= 15 is 0 Å². The molecule has 2 heterocycles. The molecule has 7 nitrogen and oxygen atoms in total. The van der Waals surface area contributed by atoms with Crippen LogP contribution in [0, 0.1) is 0 Å². The number of carbonyl (C=O) groups excluding carboxylic acids is 1. The molecule has 1 amide bonds. The van der Waals surface area contributed by atoms with Gasteiger partial charge in [-0.3, -0.25) is 4.79 Å². The Kier molecular flexibility index (Phi) is 9.31. The normalized spacial score (nSPS) is 16.8. The van der Waals surface area contributed by atoms with Gasteiger partial charge in [-0.1, -0.05) is 31.7 Å². The summed E-state index contributed by atoms with van der Waals surface area (Å²) in [6.07, 6.45) is -0.463. The Balaban J connectivity index is 1.17. The number of hydrogen-bond acceptors (Lipinski definition) is 7. The van der Waals surface area contributed by atoms with E-state index in [2.05, 4.69) is 44.5 Å². The highest BCUT2D eigenvalue weighted by atomic mass is 32.1. The second kappa shape index (κ2) is 13.1. The predicted octanol–water partition coefficient (Wildman–Crippen LogP) is 7.37. The van der Waals surface area contributed by atoms with Gasteiger partial charge in [0.25, 0.3) is 0 Å². The number of amides is 1. The number of aromatic nitrogens is 2. The number of anilines is 4. The fraction of sp³-hybridized carbons (Fsp3) is 0.344. The van der Waals surface area contributed by atoms with Crippen molar-refractivity contribution in [1.82, 2.24) is 15.3 Å². The Morgan fingerprint density at radius 2 is 1.86 bits per heavy atom. The fourth-order valence-electron chi connectivity index (χ4n) is 5.38. The highest BCUT2D eigenvalue weighted by molar-refractivity contribution is 7.18. The quantitative estimate of drug-likeness (QED) is 0.154. The average Bonchev–Trinajstić information content (AvgIpc) is 3.61. The molecule has 0 unspecified atom stereocenters. The van der Waals surface area contributed by atoms with Crippen molar-refractivity contribution in [2.75, 3.05) is 22.6 Å². The molecule has 226 valence electrons. The lowest BCUT2D eigenvalue weighted by molar-refractivity contribution is -0.126. The molecule has 2 aromatic carbocycles. The Labute approximate surface area is 253 Å². The molecule has 5 rings (SSSR count). The minimum absolute atomic E-state index is 0.227. The summed E-state index contributed by atoms with van der Waals surface area (Å²) in [7, 11) is 1.99. The topological polar surface area (TPSA) is 82.2 Å². The number of alkyl halides is 3. The summed E-state index contributed by atoms with van der Waals surface area (Å²) in [5.74, 6) is 1.11. The molecule has 11 heteroatoms. The Bertz CT molecular complexity index is 1590. The molecule has 43 heavy (non-hydrogen) atoms. The van der Waals surface area contributed by atoms with E-state index in [1.165, 1.54) is 6.08 Å². The summed E-state index contributed by atoms with van der Waals surface area (Å²) in [6.45, 7) is 6.16. The van der Waals surface area contributed by atoms with Gasteiger partial charge in [0, 0.05) is 54.0 Å². The SMILES string of the molecule is C=CC(=O)Nc1cccc(Nc2ccc(CN[C@H]3CC[C@@H](N(C)c4nc(CC)nc5sc(CC(F)(F)F)cc45)C3)cc2)c1. The first-order valence-electron chi connectivity index (χ1n) is 14.3. The van der Waals surface area contributed by atoms with Crippen LogP contribution in [0.15, 0.2) is 67.3 Å². The van der Waals surface area contributed by atoms with Gasteiger partial charge in [-0.05, 0) is 67.3 Å². The van der Waals surface area contributed by atoms with Crippen LogP contribution in [0.4, 0.5) is 36.1 Å². The second-order valence-corrected chi connectivity index (χ2v) is 11.9. The van der Waals surface area contributed by atoms with Crippen LogP contribution in [-0.4, -0.2) is 41.2 Å². The van der Waals surface area contributed by atoms with Gasteiger partial charge in [0.2, 0.25) is 5.91 Å². The van der Waals surface area contributed by atoms with Crippen molar-refractivity contribution < 1.29 is 18.0 Å². The molecule has 1 aliphatic carbocycles. The number of nitrogens with zero attached hydrogens (tertiary/aromatic N) is 3. The molecule has 0 aliphatic heterocycles. The summed E-state index contributed by atoms with van der Waals surface area (Å²) in [5, 5.41) is 10.5. The van der Waals surface area contributed by atoms with Crippen molar-refractivity contribution >= 4 is 50.3 Å². The molecule has 0 spiro atoms. The van der Waals surface area contributed by atoms with E-state index in [4.69, 9.17) is 4.98 Å². The number of rotatable bonds is 11. The summed E-state index contributed by atoms with van der Waals surface area (Å²) in [6, 6.07) is 17.9. The summed E-state index contributed by atoms with van der Waals surface area (Å²) in [4.78, 5) is 23.8. The molecule has 0 radical (unpaired) electrons. The summed E-state index contributed by atoms with van der Waals surface area (Å²) < 4.78 is 39.2. The van der Waals surface area contributed by atoms with Gasteiger partial charge in [-0.2, -0.15) is 13.2 Å². The minimum Gasteiger partial charge on any atom is -0.356 e. The molecule has 3 N–H and O–H groups in total. The predicted molar refractivity (Wildman–Crippen MR) is 168 cm³/mol. The van der Waals surface area contributed by atoms with E-state index in [0.717, 1.165) is 54.1 Å².